The van der Waals surface area contributed by atoms with Gasteiger partial charge in [-0.25, -0.2) is 27.5 Å². The first-order valence-electron chi connectivity index (χ1n) is 9.49. The summed E-state index contributed by atoms with van der Waals surface area (Å²) >= 11 is 0. The SMILES string of the molecule is Cc1ccc(S(=O)(=O)NCCn2c(-c3ccc(F)cc3)nc3cccnc32)cc1C. The summed E-state index contributed by atoms with van der Waals surface area (Å²) in [4.78, 5) is 9.23. The molecule has 4 rings (SSSR count). The zero-order chi connectivity index (χ0) is 21.3. The number of benzene rings is 2. The molecule has 0 atom stereocenters. The van der Waals surface area contributed by atoms with Crippen molar-refractivity contribution in [3.8, 4) is 11.4 Å². The van der Waals surface area contributed by atoms with Gasteiger partial charge in [-0.15, -0.1) is 0 Å². The molecule has 30 heavy (non-hydrogen) atoms. The van der Waals surface area contributed by atoms with Crippen LogP contribution in [-0.2, 0) is 16.6 Å². The van der Waals surface area contributed by atoms with Gasteiger partial charge in [-0.2, -0.15) is 0 Å². The van der Waals surface area contributed by atoms with Gasteiger partial charge in [-0.3, -0.25) is 0 Å². The molecule has 0 bridgehead atoms. The molecule has 2 aromatic carbocycles. The highest BCUT2D eigenvalue weighted by Crippen LogP contribution is 2.24. The lowest BCUT2D eigenvalue weighted by molar-refractivity contribution is 0.574. The Kier molecular flexibility index (Phi) is 5.36. The third-order valence-electron chi connectivity index (χ3n) is 5.02. The predicted molar refractivity (Wildman–Crippen MR) is 114 cm³/mol. The second kappa shape index (κ2) is 7.97. The summed E-state index contributed by atoms with van der Waals surface area (Å²) in [6.45, 7) is 4.30. The normalized spacial score (nSPS) is 11.8. The lowest BCUT2D eigenvalue weighted by Crippen LogP contribution is -2.27. The number of hydrogen-bond acceptors (Lipinski definition) is 4. The highest BCUT2D eigenvalue weighted by Gasteiger charge is 2.17. The summed E-state index contributed by atoms with van der Waals surface area (Å²) in [7, 11) is -3.64. The van der Waals surface area contributed by atoms with Gasteiger partial charge >= 0.3 is 0 Å². The summed E-state index contributed by atoms with van der Waals surface area (Å²) in [5.41, 5.74) is 4.01. The molecule has 0 aliphatic carbocycles. The Bertz CT molecular complexity index is 1310. The molecule has 2 heterocycles. The van der Waals surface area contributed by atoms with Crippen molar-refractivity contribution in [1.82, 2.24) is 19.3 Å². The standard InChI is InChI=1S/C22H21FN4O2S/c1-15-5-10-19(14-16(15)2)30(28,29)25-12-13-27-21(17-6-8-18(23)9-7-17)26-20-4-3-11-24-22(20)27/h3-11,14,25H,12-13H2,1-2H3. The van der Waals surface area contributed by atoms with Crippen LogP contribution in [0.5, 0.6) is 0 Å². The molecule has 0 saturated heterocycles. The molecule has 6 nitrogen and oxygen atoms in total. The zero-order valence-corrected chi connectivity index (χ0v) is 17.4. The highest BCUT2D eigenvalue weighted by atomic mass is 32.2. The van der Waals surface area contributed by atoms with Crippen LogP contribution in [0.3, 0.4) is 0 Å². The van der Waals surface area contributed by atoms with E-state index < -0.39 is 10.0 Å². The molecule has 0 unspecified atom stereocenters. The first-order chi connectivity index (χ1) is 14.3. The van der Waals surface area contributed by atoms with E-state index in [1.807, 2.05) is 24.5 Å². The molecule has 0 aliphatic heterocycles. The van der Waals surface area contributed by atoms with Crippen LogP contribution in [0.2, 0.25) is 0 Å². The average molecular weight is 425 g/mol. The van der Waals surface area contributed by atoms with Crippen molar-refractivity contribution < 1.29 is 12.8 Å². The van der Waals surface area contributed by atoms with Gasteiger partial charge in [0.15, 0.2) is 5.65 Å². The van der Waals surface area contributed by atoms with Crippen LogP contribution in [0.25, 0.3) is 22.6 Å². The number of fused-ring (bicyclic) bond motifs is 1. The molecule has 4 aromatic rings. The van der Waals surface area contributed by atoms with Crippen LogP contribution in [0.1, 0.15) is 11.1 Å². The number of aryl methyl sites for hydroxylation is 2. The van der Waals surface area contributed by atoms with E-state index in [4.69, 9.17) is 0 Å². The largest absolute Gasteiger partial charge is 0.307 e. The van der Waals surface area contributed by atoms with E-state index in [1.54, 1.807) is 42.6 Å². The van der Waals surface area contributed by atoms with Crippen molar-refractivity contribution in [3.63, 3.8) is 0 Å². The molecule has 2 aromatic heterocycles. The Balaban J connectivity index is 1.61. The van der Waals surface area contributed by atoms with Gasteiger partial charge in [-0.05, 0) is 73.5 Å². The van der Waals surface area contributed by atoms with Gasteiger partial charge in [-0.1, -0.05) is 6.07 Å². The molecule has 154 valence electrons. The van der Waals surface area contributed by atoms with E-state index in [1.165, 1.54) is 12.1 Å². The smallest absolute Gasteiger partial charge is 0.240 e. The van der Waals surface area contributed by atoms with E-state index >= 15 is 0 Å². The monoisotopic (exact) mass is 424 g/mol. The molecule has 8 heteroatoms. The number of rotatable bonds is 6. The van der Waals surface area contributed by atoms with Crippen LogP contribution in [0, 0.1) is 19.7 Å². The maximum Gasteiger partial charge on any atom is 0.240 e. The highest BCUT2D eigenvalue weighted by molar-refractivity contribution is 7.89. The number of nitrogens with zero attached hydrogens (tertiary/aromatic N) is 3. The number of halogens is 1. The van der Waals surface area contributed by atoms with Gasteiger partial charge in [0.05, 0.1) is 4.90 Å². The predicted octanol–water partition coefficient (Wildman–Crippen LogP) is 3.83. The molecule has 1 N–H and O–H groups in total. The first kappa shape index (κ1) is 20.2. The Hall–Kier alpha value is -3.10. The Morgan fingerprint density at radius 2 is 1.80 bits per heavy atom. The maximum absolute atomic E-state index is 13.3. The lowest BCUT2D eigenvalue weighted by Gasteiger charge is -2.11. The van der Waals surface area contributed by atoms with E-state index in [9.17, 15) is 12.8 Å². The maximum atomic E-state index is 13.3. The van der Waals surface area contributed by atoms with Crippen molar-refractivity contribution >= 4 is 21.2 Å². The first-order valence-corrected chi connectivity index (χ1v) is 11.0. The average Bonchev–Trinajstić information content (AvgIpc) is 3.09. The molecular weight excluding hydrogens is 403 g/mol. The molecule has 0 radical (unpaired) electrons. The van der Waals surface area contributed by atoms with Crippen LogP contribution in [0.4, 0.5) is 4.39 Å². The third kappa shape index (κ3) is 3.96. The fourth-order valence-corrected chi connectivity index (χ4v) is 4.35. The molecule has 0 fully saturated rings. The molecule has 0 saturated carbocycles. The summed E-state index contributed by atoms with van der Waals surface area (Å²) in [5, 5.41) is 0. The minimum Gasteiger partial charge on any atom is -0.307 e. The van der Waals surface area contributed by atoms with Gasteiger partial charge in [0.25, 0.3) is 0 Å². The summed E-state index contributed by atoms with van der Waals surface area (Å²) < 4.78 is 43.2. The van der Waals surface area contributed by atoms with Crippen molar-refractivity contribution in [1.29, 1.82) is 0 Å². The molecule has 0 spiro atoms. The van der Waals surface area contributed by atoms with Crippen molar-refractivity contribution in [3.05, 3.63) is 77.7 Å². The van der Waals surface area contributed by atoms with Crippen LogP contribution >= 0.6 is 0 Å². The number of aromatic nitrogens is 3. The van der Waals surface area contributed by atoms with E-state index in [2.05, 4.69) is 14.7 Å². The molecular formula is C22H21FN4O2S. The van der Waals surface area contributed by atoms with E-state index in [0.717, 1.165) is 16.7 Å². The minimum absolute atomic E-state index is 0.158. The third-order valence-corrected chi connectivity index (χ3v) is 6.48. The summed E-state index contributed by atoms with van der Waals surface area (Å²) in [6, 6.07) is 14.7. The van der Waals surface area contributed by atoms with E-state index in [-0.39, 0.29) is 17.3 Å². The Labute approximate surface area is 174 Å². The Morgan fingerprint density at radius 1 is 1.03 bits per heavy atom. The summed E-state index contributed by atoms with van der Waals surface area (Å²) in [6.07, 6.45) is 1.66. The molecule has 0 amide bonds. The van der Waals surface area contributed by atoms with Crippen molar-refractivity contribution in [2.45, 2.75) is 25.3 Å². The van der Waals surface area contributed by atoms with Crippen molar-refractivity contribution in [2.24, 2.45) is 0 Å². The van der Waals surface area contributed by atoms with Crippen LogP contribution in [0.15, 0.2) is 65.7 Å². The van der Waals surface area contributed by atoms with Gasteiger partial charge < -0.3 is 4.57 Å². The number of pyridine rings is 1. The number of imidazole rings is 1. The lowest BCUT2D eigenvalue weighted by atomic mass is 10.1. The van der Waals surface area contributed by atoms with Crippen LogP contribution in [-0.4, -0.2) is 29.5 Å². The second-order valence-electron chi connectivity index (χ2n) is 7.08. The van der Waals surface area contributed by atoms with Crippen molar-refractivity contribution in [2.75, 3.05) is 6.54 Å². The van der Waals surface area contributed by atoms with Gasteiger partial charge in [0.2, 0.25) is 10.0 Å². The minimum atomic E-state index is -3.64. The molecule has 0 aliphatic rings. The van der Waals surface area contributed by atoms with Gasteiger partial charge in [0.1, 0.15) is 17.2 Å². The van der Waals surface area contributed by atoms with E-state index in [0.29, 0.717) is 23.5 Å². The van der Waals surface area contributed by atoms with Gasteiger partial charge in [0, 0.05) is 24.8 Å². The topological polar surface area (TPSA) is 76.9 Å². The number of nitrogens with one attached hydrogen (secondary N) is 1. The number of sulfonamides is 1. The second-order valence-corrected chi connectivity index (χ2v) is 8.85. The quantitative estimate of drug-likeness (QED) is 0.510. The summed E-state index contributed by atoms with van der Waals surface area (Å²) in [5.74, 6) is 0.273. The van der Waals surface area contributed by atoms with Crippen LogP contribution < -0.4 is 4.72 Å². The number of hydrogen-bond donors (Lipinski definition) is 1. The Morgan fingerprint density at radius 3 is 2.53 bits per heavy atom. The fourth-order valence-electron chi connectivity index (χ4n) is 3.25. The zero-order valence-electron chi connectivity index (χ0n) is 16.6. The fraction of sp³-hybridized carbons (Fsp3) is 0.182.